The summed E-state index contributed by atoms with van der Waals surface area (Å²) in [6, 6.07) is 39.7. The lowest BCUT2D eigenvalue weighted by molar-refractivity contribution is -0.151. The van der Waals surface area contributed by atoms with Crippen LogP contribution in [0.15, 0.2) is 109 Å². The number of methoxy groups -OCH3 is 2. The van der Waals surface area contributed by atoms with Gasteiger partial charge < -0.3 is 23.7 Å². The molecule has 0 heterocycles. The van der Waals surface area contributed by atoms with E-state index in [4.69, 9.17) is 4.74 Å². The molecule has 0 saturated heterocycles. The highest BCUT2D eigenvalue weighted by atomic mass is 16.8. The van der Waals surface area contributed by atoms with Gasteiger partial charge in [-0.2, -0.15) is 0 Å². The molecule has 0 radical (unpaired) electrons. The lowest BCUT2D eigenvalue weighted by Gasteiger charge is -2.31. The van der Waals surface area contributed by atoms with Crippen molar-refractivity contribution in [2.24, 2.45) is 0 Å². The van der Waals surface area contributed by atoms with Crippen LogP contribution in [0.25, 0.3) is 11.1 Å². The number of carbonyl (C=O) groups is 2. The maximum absolute atomic E-state index is 10.5. The van der Waals surface area contributed by atoms with Gasteiger partial charge in [0.2, 0.25) is 6.79 Å². The first-order valence-corrected chi connectivity index (χ1v) is 20.3. The first-order chi connectivity index (χ1) is 28.0. The monoisotopic (exact) mass is 802 g/mol. The predicted octanol–water partition coefficient (Wildman–Crippen LogP) is 13.0. The zero-order valence-corrected chi connectivity index (χ0v) is 37.5. The van der Waals surface area contributed by atoms with E-state index in [9.17, 15) is 9.59 Å². The van der Waals surface area contributed by atoms with Crippen molar-refractivity contribution in [3.63, 3.8) is 0 Å². The van der Waals surface area contributed by atoms with Gasteiger partial charge in [-0.1, -0.05) is 142 Å². The number of benzene rings is 5. The van der Waals surface area contributed by atoms with Crippen molar-refractivity contribution in [1.29, 1.82) is 0 Å². The summed E-state index contributed by atoms with van der Waals surface area (Å²) in [5.41, 5.74) is 15.7. The van der Waals surface area contributed by atoms with Gasteiger partial charge in [-0.05, 0) is 122 Å². The minimum absolute atomic E-state index is 0.196. The summed E-state index contributed by atoms with van der Waals surface area (Å²) in [5.74, 6) is 0.387. The molecule has 0 amide bonds. The van der Waals surface area contributed by atoms with Gasteiger partial charge in [0, 0.05) is 19.4 Å². The number of esters is 1. The predicted molar refractivity (Wildman–Crippen MR) is 240 cm³/mol. The van der Waals surface area contributed by atoms with Crippen LogP contribution in [0.2, 0.25) is 0 Å². The van der Waals surface area contributed by atoms with E-state index in [1.807, 2.05) is 12.1 Å². The van der Waals surface area contributed by atoms with Crippen LogP contribution in [0.1, 0.15) is 103 Å². The van der Waals surface area contributed by atoms with Crippen molar-refractivity contribution in [3.05, 3.63) is 159 Å². The highest BCUT2D eigenvalue weighted by Crippen LogP contribution is 2.47. The molecule has 0 unspecified atom stereocenters. The fraction of sp³-hybridized carbons (Fsp3) is 0.385. The van der Waals surface area contributed by atoms with E-state index in [0.717, 1.165) is 5.75 Å². The molecule has 7 heteroatoms. The highest BCUT2D eigenvalue weighted by Gasteiger charge is 2.37. The quantitative estimate of drug-likeness (QED) is 0.114. The average molecular weight is 803 g/mol. The van der Waals surface area contributed by atoms with Gasteiger partial charge in [-0.3, -0.25) is 4.79 Å². The van der Waals surface area contributed by atoms with Crippen LogP contribution < -0.4 is 4.74 Å². The molecule has 0 atom stereocenters. The third-order valence-electron chi connectivity index (χ3n) is 10.7. The fourth-order valence-electron chi connectivity index (χ4n) is 6.69. The summed E-state index contributed by atoms with van der Waals surface area (Å²) in [4.78, 5) is 20.6. The number of rotatable bonds is 8. The third kappa shape index (κ3) is 15.4. The van der Waals surface area contributed by atoms with Crippen LogP contribution in [-0.4, -0.2) is 39.9 Å². The maximum atomic E-state index is 10.5. The van der Waals surface area contributed by atoms with Gasteiger partial charge in [-0.25, -0.2) is 4.79 Å². The van der Waals surface area contributed by atoms with Crippen molar-refractivity contribution in [3.8, 4) is 16.9 Å². The number of aryl methyl sites for hydroxylation is 6. The molecule has 5 aromatic rings. The van der Waals surface area contributed by atoms with Crippen molar-refractivity contribution >= 4 is 12.1 Å². The summed E-state index contributed by atoms with van der Waals surface area (Å²) < 4.78 is 22.3. The number of hydrogen-bond acceptors (Lipinski definition) is 7. The molecule has 1 saturated carbocycles. The van der Waals surface area contributed by atoms with Crippen molar-refractivity contribution in [2.45, 2.75) is 106 Å². The van der Waals surface area contributed by atoms with E-state index in [1.54, 1.807) is 7.11 Å². The van der Waals surface area contributed by atoms with Crippen LogP contribution in [0.3, 0.4) is 0 Å². The smallest absolute Gasteiger partial charge is 0.497 e. The maximum Gasteiger partial charge on any atom is 0.513 e. The Kier molecular flexibility index (Phi) is 18.9. The molecule has 7 nitrogen and oxygen atoms in total. The van der Waals surface area contributed by atoms with E-state index >= 15 is 0 Å². The Morgan fingerprint density at radius 1 is 0.559 bits per heavy atom. The highest BCUT2D eigenvalue weighted by molar-refractivity contribution is 5.66. The Hall–Kier alpha value is -5.40. The largest absolute Gasteiger partial charge is 0.513 e. The lowest BCUT2D eigenvalue weighted by Crippen LogP contribution is -2.24. The molecule has 0 N–H and O–H groups in total. The van der Waals surface area contributed by atoms with Crippen molar-refractivity contribution in [2.75, 3.05) is 27.8 Å². The molecular weight excluding hydrogens is 737 g/mol. The van der Waals surface area contributed by atoms with Crippen LogP contribution in [0, 0.1) is 41.5 Å². The van der Waals surface area contributed by atoms with Gasteiger partial charge >= 0.3 is 12.1 Å². The van der Waals surface area contributed by atoms with Gasteiger partial charge in [0.05, 0.1) is 7.11 Å². The topological polar surface area (TPSA) is 80.3 Å². The molecule has 0 aliphatic heterocycles. The van der Waals surface area contributed by atoms with Gasteiger partial charge in [0.1, 0.15) is 5.75 Å². The Bertz CT molecular complexity index is 1940. The average Bonchev–Trinajstić information content (AvgIpc) is 3.72. The molecule has 1 aliphatic rings. The van der Waals surface area contributed by atoms with E-state index in [1.165, 1.54) is 101 Å². The molecule has 5 aromatic carbocycles. The van der Waals surface area contributed by atoms with Crippen LogP contribution >= 0.6 is 0 Å². The molecule has 316 valence electrons. The second-order valence-electron chi connectivity index (χ2n) is 16.3. The Morgan fingerprint density at radius 3 is 1.37 bits per heavy atom. The van der Waals surface area contributed by atoms with Crippen LogP contribution in [0.4, 0.5) is 4.79 Å². The summed E-state index contributed by atoms with van der Waals surface area (Å²) in [5, 5.41) is 0. The number of carbonyl (C=O) groups excluding carboxylic acids is 2. The minimum atomic E-state index is -0.946. The lowest BCUT2D eigenvalue weighted by atomic mass is 9.72. The van der Waals surface area contributed by atoms with E-state index in [0.29, 0.717) is 0 Å². The normalized spacial score (nSPS) is 12.6. The molecule has 59 heavy (non-hydrogen) atoms. The zero-order chi connectivity index (χ0) is 43.6. The van der Waals surface area contributed by atoms with Gasteiger partial charge in [0.15, 0.2) is 6.79 Å². The molecule has 0 aromatic heterocycles. The molecule has 1 aliphatic carbocycles. The zero-order valence-electron chi connectivity index (χ0n) is 37.5. The molecule has 0 bridgehead atoms. The molecular formula is C52H66O7. The summed E-state index contributed by atoms with van der Waals surface area (Å²) in [6.07, 6.45) is 4.33. The van der Waals surface area contributed by atoms with E-state index in [-0.39, 0.29) is 17.6 Å². The van der Waals surface area contributed by atoms with Crippen LogP contribution in [-0.2, 0) is 34.6 Å². The molecule has 6 rings (SSSR count). The standard InChI is InChI=1S/C21H26.C14H14.C11H16O.C6H10O6/c1-15-7-9-19(13-17(15)3)21(11-5-6-12-21)20-10-8-16(2)18(4)14-20;1-11-3-7-13(8-4-11)14-9-5-12(2)6-10-14;1-11(2,3)9-5-7-10(12-4)8-6-9;1-5(7)10-4-12-6(8)11-3-9-2/h7-10,13-14H,5-6,11-12H2,1-4H3;3-10H,1-2H3;5-8H,1-4H3;3-4H2,1-2H3. The first-order valence-electron chi connectivity index (χ1n) is 20.3. The summed E-state index contributed by atoms with van der Waals surface area (Å²) in [7, 11) is 3.05. The first kappa shape index (κ1) is 48.0. The van der Waals surface area contributed by atoms with E-state index < -0.39 is 18.9 Å². The summed E-state index contributed by atoms with van der Waals surface area (Å²) in [6.45, 7) is 20.3. The Morgan fingerprint density at radius 2 is 1.00 bits per heavy atom. The molecule has 1 fully saturated rings. The fourth-order valence-corrected chi connectivity index (χ4v) is 6.69. The van der Waals surface area contributed by atoms with Gasteiger partial charge in [0.25, 0.3) is 0 Å². The third-order valence-corrected chi connectivity index (χ3v) is 10.7. The van der Waals surface area contributed by atoms with Crippen molar-refractivity contribution < 1.29 is 33.3 Å². The Labute approximate surface area is 354 Å². The van der Waals surface area contributed by atoms with Crippen molar-refractivity contribution in [1.82, 2.24) is 0 Å². The van der Waals surface area contributed by atoms with Gasteiger partial charge in [-0.15, -0.1) is 0 Å². The Balaban J connectivity index is 0.000000218. The number of hydrogen-bond donors (Lipinski definition) is 0. The number of ether oxygens (including phenoxy) is 5. The SMILES string of the molecule is COCOC(=O)OCOC(C)=O.COc1ccc(C(C)(C)C)cc1.Cc1ccc(-c2ccc(C)cc2)cc1.Cc1ccc(C2(c3ccc(C)c(C)c3)CCCC2)cc1C. The van der Waals surface area contributed by atoms with Crippen LogP contribution in [0.5, 0.6) is 5.75 Å². The second-order valence-corrected chi connectivity index (χ2v) is 16.3. The molecule has 0 spiro atoms. The second kappa shape index (κ2) is 23.3. The summed E-state index contributed by atoms with van der Waals surface area (Å²) >= 11 is 0. The van der Waals surface area contributed by atoms with E-state index in [2.05, 4.69) is 178 Å². The minimum Gasteiger partial charge on any atom is -0.497 e.